The molecule has 4 aromatic rings. The molecule has 0 spiro atoms. The highest BCUT2D eigenvalue weighted by Crippen LogP contribution is 2.41. The highest BCUT2D eigenvalue weighted by Gasteiger charge is 2.32. The van der Waals surface area contributed by atoms with Crippen LogP contribution in [0.2, 0.25) is 0 Å². The van der Waals surface area contributed by atoms with Crippen molar-refractivity contribution >= 4 is 23.1 Å². The third kappa shape index (κ3) is 2.97. The molecule has 1 N–H and O–H groups in total. The topological polar surface area (TPSA) is 54.6 Å². The number of phenolic OH excluding ortho intramolecular Hbond substituents is 1. The van der Waals surface area contributed by atoms with Gasteiger partial charge in [0, 0.05) is 11.1 Å². The van der Waals surface area contributed by atoms with E-state index in [4.69, 9.17) is 4.99 Å². The van der Waals surface area contributed by atoms with Crippen LogP contribution in [0.3, 0.4) is 0 Å². The van der Waals surface area contributed by atoms with Crippen LogP contribution in [0.4, 0.5) is 0 Å². The van der Waals surface area contributed by atoms with Crippen molar-refractivity contribution in [2.75, 3.05) is 0 Å². The summed E-state index contributed by atoms with van der Waals surface area (Å²) >= 11 is 1.38. The van der Waals surface area contributed by atoms with Gasteiger partial charge >= 0.3 is 0 Å². The molecular formula is C27H20N2O2S. The quantitative estimate of drug-likeness (QED) is 0.516. The number of aryl methyl sites for hydroxylation is 1. The molecule has 1 aliphatic heterocycles. The number of nitrogens with zero attached hydrogens (tertiary/aromatic N) is 2. The van der Waals surface area contributed by atoms with Gasteiger partial charge in [0.25, 0.3) is 5.56 Å². The van der Waals surface area contributed by atoms with Gasteiger partial charge in [-0.3, -0.25) is 9.36 Å². The Morgan fingerprint density at radius 2 is 1.69 bits per heavy atom. The van der Waals surface area contributed by atoms with Crippen LogP contribution in [0, 0.1) is 0 Å². The van der Waals surface area contributed by atoms with Gasteiger partial charge in [-0.05, 0) is 41.7 Å². The fraction of sp³-hybridized carbons (Fsp3) is 0.111. The second-order valence-corrected chi connectivity index (χ2v) is 9.09. The number of aromatic hydroxyl groups is 1. The van der Waals surface area contributed by atoms with Gasteiger partial charge in [-0.15, -0.1) is 0 Å². The number of rotatable bonds is 2. The van der Waals surface area contributed by atoms with Gasteiger partial charge in [-0.1, -0.05) is 84.1 Å². The van der Waals surface area contributed by atoms with Gasteiger partial charge in [0.1, 0.15) is 5.75 Å². The Morgan fingerprint density at radius 3 is 2.53 bits per heavy atom. The molecule has 0 radical (unpaired) electrons. The van der Waals surface area contributed by atoms with Crippen LogP contribution < -0.4 is 14.9 Å². The number of fused-ring (bicyclic) bond motifs is 3. The van der Waals surface area contributed by atoms with Crippen LogP contribution in [-0.4, -0.2) is 9.67 Å². The van der Waals surface area contributed by atoms with Crippen LogP contribution in [0.15, 0.2) is 94.2 Å². The maximum atomic E-state index is 13.6. The average Bonchev–Trinajstić information content (AvgIpc) is 3.14. The molecule has 32 heavy (non-hydrogen) atoms. The number of thiazole rings is 1. The third-order valence-corrected chi connectivity index (χ3v) is 7.19. The maximum Gasteiger partial charge on any atom is 0.271 e. The number of hydrogen-bond donors (Lipinski definition) is 1. The normalized spacial score (nSPS) is 17.4. The van der Waals surface area contributed by atoms with Gasteiger partial charge in [-0.25, -0.2) is 4.99 Å². The van der Waals surface area contributed by atoms with Gasteiger partial charge in [0.2, 0.25) is 0 Å². The van der Waals surface area contributed by atoms with Gasteiger partial charge in [0.15, 0.2) is 4.80 Å². The van der Waals surface area contributed by atoms with Crippen molar-refractivity contribution in [1.29, 1.82) is 0 Å². The first-order valence-electron chi connectivity index (χ1n) is 10.7. The van der Waals surface area contributed by atoms with E-state index < -0.39 is 0 Å². The first-order valence-corrected chi connectivity index (χ1v) is 11.5. The second kappa shape index (κ2) is 7.46. The zero-order chi connectivity index (χ0) is 21.7. The summed E-state index contributed by atoms with van der Waals surface area (Å²) in [5, 5.41) is 10.2. The van der Waals surface area contributed by atoms with Crippen molar-refractivity contribution in [3.05, 3.63) is 126 Å². The summed E-state index contributed by atoms with van der Waals surface area (Å²) in [6, 6.07) is 25.5. The lowest BCUT2D eigenvalue weighted by molar-refractivity contribution is 0.474. The molecule has 1 aliphatic carbocycles. The van der Waals surface area contributed by atoms with Crippen LogP contribution in [0.25, 0.3) is 11.8 Å². The van der Waals surface area contributed by atoms with Gasteiger partial charge < -0.3 is 5.11 Å². The highest BCUT2D eigenvalue weighted by atomic mass is 32.1. The Balaban J connectivity index is 1.65. The fourth-order valence-corrected chi connectivity index (χ4v) is 5.70. The Kier molecular flexibility index (Phi) is 4.44. The molecule has 0 saturated carbocycles. The molecule has 0 fully saturated rings. The largest absolute Gasteiger partial charge is 0.507 e. The molecular weight excluding hydrogens is 416 g/mol. The molecule has 6 rings (SSSR count). The number of phenols is 1. The Bertz CT molecular complexity index is 1560. The minimum Gasteiger partial charge on any atom is -0.507 e. The number of benzene rings is 3. The first kappa shape index (κ1) is 19.0. The van der Waals surface area contributed by atoms with Crippen LogP contribution >= 0.6 is 11.3 Å². The van der Waals surface area contributed by atoms with Gasteiger partial charge in [-0.2, -0.15) is 0 Å². The zero-order valence-corrected chi connectivity index (χ0v) is 18.0. The van der Waals surface area contributed by atoms with E-state index >= 15 is 0 Å². The molecule has 2 heterocycles. The van der Waals surface area contributed by atoms with E-state index in [1.54, 1.807) is 18.2 Å². The van der Waals surface area contributed by atoms with Crippen molar-refractivity contribution in [2.45, 2.75) is 18.9 Å². The van der Waals surface area contributed by atoms with Crippen LogP contribution in [0.5, 0.6) is 5.75 Å². The minimum absolute atomic E-state index is 0.0729. The van der Waals surface area contributed by atoms with Crippen molar-refractivity contribution in [2.24, 2.45) is 4.99 Å². The monoisotopic (exact) mass is 436 g/mol. The van der Waals surface area contributed by atoms with Gasteiger partial charge in [0.05, 0.1) is 16.3 Å². The molecule has 1 atom stereocenters. The number of hydrogen-bond acceptors (Lipinski definition) is 4. The SMILES string of the molecule is O=c1/c(=C/c2ccccc2O)sc2n1[C@@H](c1ccccc1)C1=C(N=2)c2ccccc2CC1. The standard InChI is InChI=1S/C27H20N2O2S/c30-22-13-7-5-11-19(22)16-23-26(31)29-25(18-9-2-1-3-10-18)21-15-14-17-8-4-6-12-20(17)24(21)28-27(29)32-23/h1-13,16,25,30H,14-15H2/b23-16-/t25-/m0/s1. The lowest BCUT2D eigenvalue weighted by Crippen LogP contribution is -2.38. The summed E-state index contributed by atoms with van der Waals surface area (Å²) in [7, 11) is 0. The van der Waals surface area contributed by atoms with E-state index in [2.05, 4.69) is 36.4 Å². The van der Waals surface area contributed by atoms with E-state index in [1.165, 1.54) is 22.5 Å². The predicted molar refractivity (Wildman–Crippen MR) is 127 cm³/mol. The van der Waals surface area contributed by atoms with Crippen molar-refractivity contribution < 1.29 is 5.11 Å². The molecule has 0 amide bonds. The molecule has 1 aromatic heterocycles. The van der Waals surface area contributed by atoms with Crippen LogP contribution in [-0.2, 0) is 6.42 Å². The lowest BCUT2D eigenvalue weighted by atomic mass is 9.83. The summed E-state index contributed by atoms with van der Waals surface area (Å²) < 4.78 is 2.40. The molecule has 156 valence electrons. The smallest absolute Gasteiger partial charge is 0.271 e. The van der Waals surface area contributed by atoms with E-state index in [1.807, 2.05) is 34.9 Å². The molecule has 5 heteroatoms. The van der Waals surface area contributed by atoms with E-state index in [0.717, 1.165) is 29.7 Å². The summed E-state index contributed by atoms with van der Waals surface area (Å²) in [5.41, 5.74) is 6.29. The van der Waals surface area contributed by atoms with Crippen molar-refractivity contribution in [1.82, 2.24) is 4.57 Å². The lowest BCUT2D eigenvalue weighted by Gasteiger charge is -2.30. The van der Waals surface area contributed by atoms with E-state index in [-0.39, 0.29) is 17.4 Å². The average molecular weight is 437 g/mol. The molecule has 0 saturated heterocycles. The first-order chi connectivity index (χ1) is 15.7. The summed E-state index contributed by atoms with van der Waals surface area (Å²) in [4.78, 5) is 19.3. The van der Waals surface area contributed by atoms with Crippen molar-refractivity contribution in [3.8, 4) is 5.75 Å². The summed E-state index contributed by atoms with van der Waals surface area (Å²) in [6.07, 6.45) is 3.58. The highest BCUT2D eigenvalue weighted by molar-refractivity contribution is 7.07. The second-order valence-electron chi connectivity index (χ2n) is 8.08. The Hall–Kier alpha value is -3.70. The maximum absolute atomic E-state index is 13.6. The molecule has 0 bridgehead atoms. The van der Waals surface area contributed by atoms with E-state index in [9.17, 15) is 9.90 Å². The Labute approximate surface area is 188 Å². The fourth-order valence-electron chi connectivity index (χ4n) is 4.71. The molecule has 4 nitrogen and oxygen atoms in total. The predicted octanol–water partition coefficient (Wildman–Crippen LogP) is 4.02. The number of allylic oxidation sites excluding steroid dienone is 1. The van der Waals surface area contributed by atoms with E-state index in [0.29, 0.717) is 14.9 Å². The molecule has 0 unspecified atom stereocenters. The van der Waals surface area contributed by atoms with Crippen molar-refractivity contribution in [3.63, 3.8) is 0 Å². The molecule has 2 aliphatic rings. The number of aromatic nitrogens is 1. The third-order valence-electron chi connectivity index (χ3n) is 6.21. The zero-order valence-electron chi connectivity index (χ0n) is 17.2. The Morgan fingerprint density at radius 1 is 0.938 bits per heavy atom. The minimum atomic E-state index is -0.178. The molecule has 3 aromatic carbocycles. The number of para-hydroxylation sites is 1. The van der Waals surface area contributed by atoms with Crippen LogP contribution in [0.1, 0.15) is 34.7 Å². The summed E-state index contributed by atoms with van der Waals surface area (Å²) in [5.74, 6) is 0.158. The summed E-state index contributed by atoms with van der Waals surface area (Å²) in [6.45, 7) is 0.